The van der Waals surface area contributed by atoms with E-state index < -0.39 is 0 Å². The van der Waals surface area contributed by atoms with Crippen LogP contribution in [0.2, 0.25) is 0 Å². The van der Waals surface area contributed by atoms with Gasteiger partial charge in [0, 0.05) is 17.7 Å². The summed E-state index contributed by atoms with van der Waals surface area (Å²) in [5.74, 6) is 1.05. The largest absolute Gasteiger partial charge is 0.507 e. The second-order valence-corrected chi connectivity index (χ2v) is 5.00. The van der Waals surface area contributed by atoms with Gasteiger partial charge in [-0.15, -0.1) is 0 Å². The number of hydrogen-bond donors (Lipinski definition) is 2. The third-order valence-corrected chi connectivity index (χ3v) is 3.39. The number of ether oxygens (including phenoxy) is 1. The summed E-state index contributed by atoms with van der Waals surface area (Å²) in [6, 6.07) is 15.0. The van der Waals surface area contributed by atoms with Crippen LogP contribution in [0.4, 0.5) is 0 Å². The summed E-state index contributed by atoms with van der Waals surface area (Å²) < 4.78 is 5.85. The van der Waals surface area contributed by atoms with E-state index in [1.54, 1.807) is 6.07 Å². The van der Waals surface area contributed by atoms with Crippen LogP contribution >= 0.6 is 0 Å². The first-order valence-electron chi connectivity index (χ1n) is 7.44. The van der Waals surface area contributed by atoms with Crippen molar-refractivity contribution >= 4 is 0 Å². The van der Waals surface area contributed by atoms with Crippen LogP contribution in [0.15, 0.2) is 48.5 Å². The third kappa shape index (κ3) is 4.50. The summed E-state index contributed by atoms with van der Waals surface area (Å²) >= 11 is 0. The maximum atomic E-state index is 9.98. The Morgan fingerprint density at radius 1 is 0.762 bits per heavy atom. The molecule has 0 saturated carbocycles. The van der Waals surface area contributed by atoms with Gasteiger partial charge in [0.1, 0.15) is 11.5 Å². The first-order valence-corrected chi connectivity index (χ1v) is 7.44. The van der Waals surface area contributed by atoms with E-state index in [1.807, 2.05) is 42.5 Å². The van der Waals surface area contributed by atoms with Crippen LogP contribution in [0, 0.1) is 0 Å². The van der Waals surface area contributed by atoms with Crippen LogP contribution in [0.5, 0.6) is 11.5 Å². The number of phenolic OH excluding ortho intramolecular Hbond substituents is 1. The summed E-state index contributed by atoms with van der Waals surface area (Å²) in [7, 11) is 0. The molecule has 3 nitrogen and oxygen atoms in total. The summed E-state index contributed by atoms with van der Waals surface area (Å²) in [4.78, 5) is 0. The molecule has 21 heavy (non-hydrogen) atoms. The van der Waals surface area contributed by atoms with Gasteiger partial charge < -0.3 is 14.9 Å². The topological polar surface area (TPSA) is 49.7 Å². The summed E-state index contributed by atoms with van der Waals surface area (Å²) in [6.07, 6.45) is 3.91. The second-order valence-electron chi connectivity index (χ2n) is 5.00. The molecule has 0 radical (unpaired) electrons. The number of aliphatic hydroxyl groups is 1. The highest BCUT2D eigenvalue weighted by Crippen LogP contribution is 2.35. The van der Waals surface area contributed by atoms with Crippen LogP contribution in [-0.4, -0.2) is 23.4 Å². The van der Waals surface area contributed by atoms with Crippen LogP contribution < -0.4 is 4.74 Å². The fourth-order valence-corrected chi connectivity index (χ4v) is 2.27. The minimum atomic E-state index is 0.261. The minimum absolute atomic E-state index is 0.261. The van der Waals surface area contributed by atoms with E-state index in [0.717, 1.165) is 42.6 Å². The molecule has 0 bridgehead atoms. The molecule has 0 aliphatic heterocycles. The van der Waals surface area contributed by atoms with Crippen molar-refractivity contribution in [3.63, 3.8) is 0 Å². The lowest BCUT2D eigenvalue weighted by Crippen LogP contribution is -1.99. The van der Waals surface area contributed by atoms with Gasteiger partial charge in [0.2, 0.25) is 0 Å². The fourth-order valence-electron chi connectivity index (χ4n) is 2.27. The van der Waals surface area contributed by atoms with Crippen LogP contribution in [0.1, 0.15) is 25.7 Å². The maximum Gasteiger partial charge on any atom is 0.127 e. The van der Waals surface area contributed by atoms with Gasteiger partial charge in [0.05, 0.1) is 6.61 Å². The molecule has 0 fully saturated rings. The first kappa shape index (κ1) is 15.4. The Kier molecular flexibility index (Phi) is 6.10. The van der Waals surface area contributed by atoms with Crippen molar-refractivity contribution in [3.8, 4) is 22.6 Å². The molecule has 2 rings (SSSR count). The number of aliphatic hydroxyl groups excluding tert-OH is 1. The number of phenols is 1. The number of unbranched alkanes of at least 4 members (excludes halogenated alkanes) is 3. The van der Waals surface area contributed by atoms with Crippen molar-refractivity contribution in [3.05, 3.63) is 48.5 Å². The zero-order valence-corrected chi connectivity index (χ0v) is 12.2. The van der Waals surface area contributed by atoms with Gasteiger partial charge in [0.25, 0.3) is 0 Å². The van der Waals surface area contributed by atoms with E-state index in [9.17, 15) is 5.11 Å². The normalized spacial score (nSPS) is 10.5. The Balaban J connectivity index is 1.99. The molecule has 0 amide bonds. The van der Waals surface area contributed by atoms with E-state index in [2.05, 4.69) is 0 Å². The predicted octanol–water partition coefficient (Wildman–Crippen LogP) is 3.99. The molecule has 0 aliphatic carbocycles. The smallest absolute Gasteiger partial charge is 0.127 e. The van der Waals surface area contributed by atoms with Crippen molar-refractivity contribution in [1.29, 1.82) is 0 Å². The van der Waals surface area contributed by atoms with Crippen LogP contribution in [0.3, 0.4) is 0 Å². The first-order chi connectivity index (χ1) is 10.3. The Morgan fingerprint density at radius 2 is 1.43 bits per heavy atom. The molecular formula is C18H22O3. The lowest BCUT2D eigenvalue weighted by atomic mass is 10.0. The van der Waals surface area contributed by atoms with Gasteiger partial charge in [-0.1, -0.05) is 42.8 Å². The minimum Gasteiger partial charge on any atom is -0.507 e. The van der Waals surface area contributed by atoms with Crippen LogP contribution in [0.25, 0.3) is 11.1 Å². The zero-order chi connectivity index (χ0) is 14.9. The summed E-state index contributed by atoms with van der Waals surface area (Å²) in [5.41, 5.74) is 1.69. The highest BCUT2D eigenvalue weighted by molar-refractivity contribution is 5.75. The van der Waals surface area contributed by atoms with E-state index in [-0.39, 0.29) is 12.4 Å². The molecule has 0 aromatic heterocycles. The molecule has 0 unspecified atom stereocenters. The van der Waals surface area contributed by atoms with Crippen molar-refractivity contribution in [2.45, 2.75) is 25.7 Å². The average molecular weight is 286 g/mol. The number of aromatic hydroxyl groups is 1. The second kappa shape index (κ2) is 8.32. The Labute approximate surface area is 125 Å². The van der Waals surface area contributed by atoms with E-state index >= 15 is 0 Å². The molecule has 0 heterocycles. The van der Waals surface area contributed by atoms with Gasteiger partial charge in [-0.25, -0.2) is 0 Å². The molecule has 3 heteroatoms. The third-order valence-electron chi connectivity index (χ3n) is 3.39. The Bertz CT molecular complexity index is 552. The number of para-hydroxylation sites is 2. The molecule has 2 aromatic carbocycles. The zero-order valence-electron chi connectivity index (χ0n) is 12.2. The van der Waals surface area contributed by atoms with Crippen molar-refractivity contribution in [1.82, 2.24) is 0 Å². The molecule has 0 spiro atoms. The average Bonchev–Trinajstić information content (AvgIpc) is 2.52. The van der Waals surface area contributed by atoms with Crippen LogP contribution in [-0.2, 0) is 0 Å². The van der Waals surface area contributed by atoms with E-state index in [0.29, 0.717) is 6.61 Å². The molecule has 0 saturated heterocycles. The SMILES string of the molecule is OCCCCCCOc1ccccc1-c1ccccc1O. The lowest BCUT2D eigenvalue weighted by molar-refractivity contribution is 0.273. The standard InChI is InChI=1S/C18H22O3/c19-13-7-1-2-8-14-21-18-12-6-4-10-16(18)15-9-3-5-11-17(15)20/h3-6,9-12,19-20H,1-2,7-8,13-14H2. The number of hydrogen-bond acceptors (Lipinski definition) is 3. The number of benzene rings is 2. The molecule has 112 valence electrons. The molecule has 2 aromatic rings. The molecule has 0 aliphatic rings. The van der Waals surface area contributed by atoms with Gasteiger partial charge >= 0.3 is 0 Å². The predicted molar refractivity (Wildman–Crippen MR) is 84.6 cm³/mol. The van der Waals surface area contributed by atoms with Gasteiger partial charge in [-0.05, 0) is 31.4 Å². The fraction of sp³-hybridized carbons (Fsp3) is 0.333. The van der Waals surface area contributed by atoms with Gasteiger partial charge in [-0.2, -0.15) is 0 Å². The van der Waals surface area contributed by atoms with E-state index in [1.165, 1.54) is 0 Å². The number of rotatable bonds is 8. The lowest BCUT2D eigenvalue weighted by Gasteiger charge is -2.12. The molecular weight excluding hydrogens is 264 g/mol. The highest BCUT2D eigenvalue weighted by Gasteiger charge is 2.09. The monoisotopic (exact) mass is 286 g/mol. The quantitative estimate of drug-likeness (QED) is 0.721. The van der Waals surface area contributed by atoms with Crippen molar-refractivity contribution in [2.24, 2.45) is 0 Å². The highest BCUT2D eigenvalue weighted by atomic mass is 16.5. The van der Waals surface area contributed by atoms with Gasteiger partial charge in [-0.3, -0.25) is 0 Å². The maximum absolute atomic E-state index is 9.98. The van der Waals surface area contributed by atoms with E-state index in [4.69, 9.17) is 9.84 Å². The Morgan fingerprint density at radius 3 is 2.19 bits per heavy atom. The van der Waals surface area contributed by atoms with Crippen molar-refractivity contribution in [2.75, 3.05) is 13.2 Å². The summed E-state index contributed by atoms with van der Waals surface area (Å²) in [6.45, 7) is 0.910. The Hall–Kier alpha value is -2.00. The van der Waals surface area contributed by atoms with Gasteiger partial charge in [0.15, 0.2) is 0 Å². The molecule has 0 atom stereocenters. The summed E-state index contributed by atoms with van der Waals surface area (Å²) in [5, 5.41) is 18.7. The van der Waals surface area contributed by atoms with Crippen molar-refractivity contribution < 1.29 is 14.9 Å². The molecule has 2 N–H and O–H groups in total.